The summed E-state index contributed by atoms with van der Waals surface area (Å²) in [7, 11) is 3.37. The molecule has 0 bridgehead atoms. The van der Waals surface area contributed by atoms with Crippen molar-refractivity contribution in [2.45, 2.75) is 26.7 Å². The van der Waals surface area contributed by atoms with E-state index < -0.39 is 0 Å². The van der Waals surface area contributed by atoms with Gasteiger partial charge >= 0.3 is 0 Å². The molecule has 3 heterocycles. The fourth-order valence-corrected chi connectivity index (χ4v) is 4.51. The van der Waals surface area contributed by atoms with Crippen LogP contribution in [0.5, 0.6) is 17.2 Å². The molecule has 2 aromatic carbocycles. The summed E-state index contributed by atoms with van der Waals surface area (Å²) >= 11 is 0. The number of aromatic nitrogens is 2. The lowest BCUT2D eigenvalue weighted by Crippen LogP contribution is -2.25. The molecule has 35 heavy (non-hydrogen) atoms. The van der Waals surface area contributed by atoms with E-state index >= 15 is 0 Å². The Kier molecular flexibility index (Phi) is 8.27. The first kappa shape index (κ1) is 24.6. The van der Waals surface area contributed by atoms with Crippen molar-refractivity contribution in [3.63, 3.8) is 0 Å². The number of para-hydroxylation sites is 1. The van der Waals surface area contributed by atoms with Gasteiger partial charge in [0.25, 0.3) is 0 Å². The van der Waals surface area contributed by atoms with Gasteiger partial charge in [-0.05, 0) is 55.8 Å². The molecule has 6 nitrogen and oxygen atoms in total. The van der Waals surface area contributed by atoms with Gasteiger partial charge in [-0.25, -0.2) is 4.98 Å². The number of fused-ring (bicyclic) bond motifs is 1. The van der Waals surface area contributed by atoms with E-state index in [1.54, 1.807) is 14.2 Å². The number of pyridine rings is 1. The predicted octanol–water partition coefficient (Wildman–Crippen LogP) is 6.41. The lowest BCUT2D eigenvalue weighted by molar-refractivity contribution is 0.230. The minimum absolute atomic E-state index is 0.662. The maximum atomic E-state index is 6.04. The fourth-order valence-electron chi connectivity index (χ4n) is 4.51. The molecule has 0 radical (unpaired) electrons. The van der Waals surface area contributed by atoms with E-state index in [9.17, 15) is 0 Å². The van der Waals surface area contributed by atoms with Crippen LogP contribution in [0.3, 0.4) is 0 Å². The number of likely N-dealkylation sites (tertiary alicyclic amines) is 1. The van der Waals surface area contributed by atoms with Crippen LogP contribution in [-0.2, 0) is 0 Å². The molecule has 1 saturated heterocycles. The number of hydrogen-bond acceptors (Lipinski definition) is 5. The molecule has 1 aliphatic heterocycles. The van der Waals surface area contributed by atoms with Gasteiger partial charge in [0.1, 0.15) is 18.0 Å². The summed E-state index contributed by atoms with van der Waals surface area (Å²) < 4.78 is 17.3. The number of nitrogens with zero attached hydrogens (tertiary/aromatic N) is 2. The van der Waals surface area contributed by atoms with Gasteiger partial charge in [-0.15, -0.1) is 0 Å². The second-order valence-corrected chi connectivity index (χ2v) is 8.29. The zero-order valence-electron chi connectivity index (χ0n) is 21.1. The second kappa shape index (κ2) is 11.8. The Morgan fingerprint density at radius 2 is 1.63 bits per heavy atom. The zero-order chi connectivity index (χ0) is 24.6. The molecule has 1 N–H and O–H groups in total. The topological polar surface area (TPSA) is 59.6 Å². The fraction of sp³-hybridized carbons (Fsp3) is 0.345. The number of rotatable bonds is 8. The molecular weight excluding hydrogens is 438 g/mol. The molecule has 0 amide bonds. The largest absolute Gasteiger partial charge is 0.496 e. The third-order valence-corrected chi connectivity index (χ3v) is 6.29. The van der Waals surface area contributed by atoms with E-state index in [0.29, 0.717) is 6.61 Å². The molecule has 0 atom stereocenters. The van der Waals surface area contributed by atoms with E-state index in [4.69, 9.17) is 14.2 Å². The van der Waals surface area contributed by atoms with Crippen molar-refractivity contribution in [2.75, 3.05) is 40.5 Å². The summed E-state index contributed by atoms with van der Waals surface area (Å²) in [4.78, 5) is 10.4. The summed E-state index contributed by atoms with van der Waals surface area (Å²) in [6.07, 6.45) is 6.44. The Bertz CT molecular complexity index is 1250. The lowest BCUT2D eigenvalue weighted by atomic mass is 10.0. The van der Waals surface area contributed by atoms with E-state index in [0.717, 1.165) is 57.1 Å². The van der Waals surface area contributed by atoms with Crippen molar-refractivity contribution in [1.29, 1.82) is 0 Å². The summed E-state index contributed by atoms with van der Waals surface area (Å²) in [6, 6.07) is 16.2. The summed E-state index contributed by atoms with van der Waals surface area (Å²) in [5, 5.41) is 1.04. The van der Waals surface area contributed by atoms with Crippen molar-refractivity contribution < 1.29 is 14.2 Å². The standard InChI is InChI=1S/C27H29N3O3.C2H6/c1-31-24-8-4-3-7-21(24)23-18-29-27-22(23)15-20(17-28-27)19-9-10-25(26(16-19)32-2)33-14-13-30-11-5-6-12-30;1-2/h3-4,7-10,15-18H,5-6,11-14H2,1-2H3,(H,28,29);1-2H3. The van der Waals surface area contributed by atoms with Gasteiger partial charge in [0.2, 0.25) is 0 Å². The smallest absolute Gasteiger partial charge is 0.161 e. The van der Waals surface area contributed by atoms with Gasteiger partial charge in [0.15, 0.2) is 11.5 Å². The Morgan fingerprint density at radius 1 is 0.857 bits per heavy atom. The van der Waals surface area contributed by atoms with Crippen LogP contribution in [0.15, 0.2) is 60.9 Å². The lowest BCUT2D eigenvalue weighted by Gasteiger charge is -2.16. The number of ether oxygens (including phenoxy) is 3. The SMILES string of the molecule is CC.COc1cc(-c2cnc3[nH]cc(-c4ccccc4OC)c3c2)ccc1OCCN1CCCC1. The first-order valence-corrected chi connectivity index (χ1v) is 12.4. The highest BCUT2D eigenvalue weighted by Crippen LogP contribution is 2.37. The third-order valence-electron chi connectivity index (χ3n) is 6.29. The zero-order valence-corrected chi connectivity index (χ0v) is 21.1. The van der Waals surface area contributed by atoms with Crippen LogP contribution in [0.4, 0.5) is 0 Å². The summed E-state index contributed by atoms with van der Waals surface area (Å²) in [6.45, 7) is 7.95. The molecule has 0 aliphatic carbocycles. The Balaban J connectivity index is 0.00000141. The van der Waals surface area contributed by atoms with E-state index in [1.807, 2.05) is 56.6 Å². The van der Waals surface area contributed by atoms with Crippen molar-refractivity contribution in [3.05, 3.63) is 60.9 Å². The molecule has 6 heteroatoms. The van der Waals surface area contributed by atoms with Gasteiger partial charge in [0.05, 0.1) is 14.2 Å². The molecular formula is C29H35N3O3. The second-order valence-electron chi connectivity index (χ2n) is 8.29. The quantitative estimate of drug-likeness (QED) is 0.320. The number of H-pyrrole nitrogens is 1. The monoisotopic (exact) mass is 473 g/mol. The van der Waals surface area contributed by atoms with Crippen LogP contribution in [0, 0.1) is 0 Å². The third kappa shape index (κ3) is 5.43. The van der Waals surface area contributed by atoms with Gasteiger partial charge in [-0.2, -0.15) is 0 Å². The first-order valence-electron chi connectivity index (χ1n) is 12.4. The van der Waals surface area contributed by atoms with Crippen LogP contribution < -0.4 is 14.2 Å². The normalized spacial score (nSPS) is 13.4. The van der Waals surface area contributed by atoms with Crippen molar-refractivity contribution >= 4 is 11.0 Å². The number of hydrogen-bond donors (Lipinski definition) is 1. The van der Waals surface area contributed by atoms with Crippen LogP contribution in [0.1, 0.15) is 26.7 Å². The number of nitrogens with one attached hydrogen (secondary N) is 1. The molecule has 0 saturated carbocycles. The van der Waals surface area contributed by atoms with Crippen LogP contribution >= 0.6 is 0 Å². The summed E-state index contributed by atoms with van der Waals surface area (Å²) in [5.74, 6) is 2.33. The van der Waals surface area contributed by atoms with E-state index in [2.05, 4.69) is 33.1 Å². The highest BCUT2D eigenvalue weighted by Gasteiger charge is 2.15. The first-order chi connectivity index (χ1) is 17.3. The maximum Gasteiger partial charge on any atom is 0.161 e. The number of benzene rings is 2. The van der Waals surface area contributed by atoms with Gasteiger partial charge in [-0.3, -0.25) is 4.90 Å². The average Bonchev–Trinajstić information content (AvgIpc) is 3.59. The molecule has 184 valence electrons. The number of aromatic amines is 1. The maximum absolute atomic E-state index is 6.04. The Labute approximate surface area is 207 Å². The van der Waals surface area contributed by atoms with Crippen LogP contribution in [-0.4, -0.2) is 55.3 Å². The van der Waals surface area contributed by atoms with Gasteiger partial charge in [0, 0.05) is 41.0 Å². The number of methoxy groups -OCH3 is 2. The minimum atomic E-state index is 0.662. The van der Waals surface area contributed by atoms with E-state index in [1.165, 1.54) is 25.9 Å². The molecule has 1 fully saturated rings. The minimum Gasteiger partial charge on any atom is -0.496 e. The van der Waals surface area contributed by atoms with Gasteiger partial charge in [-0.1, -0.05) is 38.1 Å². The molecule has 5 rings (SSSR count). The Morgan fingerprint density at radius 3 is 2.40 bits per heavy atom. The van der Waals surface area contributed by atoms with Crippen LogP contribution in [0.25, 0.3) is 33.3 Å². The van der Waals surface area contributed by atoms with Crippen molar-refractivity contribution in [1.82, 2.24) is 14.9 Å². The Hall–Kier alpha value is -3.51. The molecule has 0 unspecified atom stereocenters. The van der Waals surface area contributed by atoms with E-state index in [-0.39, 0.29) is 0 Å². The van der Waals surface area contributed by atoms with Crippen LogP contribution in [0.2, 0.25) is 0 Å². The predicted molar refractivity (Wildman–Crippen MR) is 143 cm³/mol. The highest BCUT2D eigenvalue weighted by molar-refractivity contribution is 5.97. The highest BCUT2D eigenvalue weighted by atomic mass is 16.5. The summed E-state index contributed by atoms with van der Waals surface area (Å²) in [5.41, 5.74) is 4.98. The van der Waals surface area contributed by atoms with Crippen molar-refractivity contribution in [3.8, 4) is 39.5 Å². The average molecular weight is 474 g/mol. The molecule has 1 aliphatic rings. The molecule has 2 aromatic heterocycles. The molecule has 4 aromatic rings. The molecule has 0 spiro atoms. The van der Waals surface area contributed by atoms with Crippen molar-refractivity contribution in [2.24, 2.45) is 0 Å². The van der Waals surface area contributed by atoms with Gasteiger partial charge < -0.3 is 19.2 Å².